The Morgan fingerprint density at radius 3 is 1.24 bits per heavy atom. The molecule has 0 radical (unpaired) electrons. The zero-order valence-electron chi connectivity index (χ0n) is 28.6. The van der Waals surface area contributed by atoms with Crippen molar-refractivity contribution in [2.45, 2.75) is 20.3 Å². The van der Waals surface area contributed by atoms with Crippen molar-refractivity contribution in [3.05, 3.63) is 47.8 Å². The summed E-state index contributed by atoms with van der Waals surface area (Å²) in [4.78, 5) is 16.4. The number of methoxy groups -OCH3 is 4. The van der Waals surface area contributed by atoms with Crippen molar-refractivity contribution in [2.24, 2.45) is 0 Å². The molecule has 14 nitrogen and oxygen atoms in total. The molecule has 2 N–H and O–H groups in total. The number of aromatic nitrogens is 2. The maximum absolute atomic E-state index is 9.19. The zero-order chi connectivity index (χ0) is 36.5. The van der Waals surface area contributed by atoms with Gasteiger partial charge in [0.15, 0.2) is 10.1 Å². The average molecular weight is 759 g/mol. The second-order valence-corrected chi connectivity index (χ2v) is 15.7. The number of anilines is 2. The predicted octanol–water partition coefficient (Wildman–Crippen LogP) is 5.31. The van der Waals surface area contributed by atoms with Crippen molar-refractivity contribution in [1.29, 1.82) is 0 Å². The molecular formula is C31H42N4O10S4. The van der Waals surface area contributed by atoms with E-state index in [-0.39, 0.29) is 0 Å². The molecule has 4 aromatic heterocycles. The van der Waals surface area contributed by atoms with Gasteiger partial charge in [0, 0.05) is 60.8 Å². The van der Waals surface area contributed by atoms with E-state index in [2.05, 4.69) is 34.1 Å². The van der Waals surface area contributed by atoms with Crippen LogP contribution in [0.2, 0.25) is 0 Å². The van der Waals surface area contributed by atoms with Crippen LogP contribution in [0.1, 0.15) is 17.5 Å². The van der Waals surface area contributed by atoms with Crippen LogP contribution in [-0.4, -0.2) is 103 Å². The van der Waals surface area contributed by atoms with Gasteiger partial charge in [0.1, 0.15) is 23.1 Å². The topological polar surface area (TPSA) is 178 Å². The molecule has 0 saturated carbocycles. The molecule has 270 valence electrons. The first-order valence-corrected chi connectivity index (χ1v) is 20.0. The number of thiophene rings is 2. The van der Waals surface area contributed by atoms with Crippen LogP contribution in [0.15, 0.2) is 36.7 Å². The van der Waals surface area contributed by atoms with E-state index in [1.165, 1.54) is 0 Å². The fraction of sp³-hybridized carbons (Fsp3) is 0.419. The second-order valence-electron chi connectivity index (χ2n) is 10.8. The smallest absolute Gasteiger partial charge is 0.261 e. The first-order chi connectivity index (χ1) is 23.0. The fourth-order valence-corrected chi connectivity index (χ4v) is 7.17. The third kappa shape index (κ3) is 11.4. The monoisotopic (exact) mass is 758 g/mol. The molecule has 1 fully saturated rings. The number of hydrogen-bond acceptors (Lipinski definition) is 14. The lowest BCUT2D eigenvalue weighted by atomic mass is 10.2. The van der Waals surface area contributed by atoms with Crippen LogP contribution in [0.5, 0.6) is 21.6 Å². The third-order valence-electron chi connectivity index (χ3n) is 7.04. The Hall–Kier alpha value is -3.68. The Bertz CT molecular complexity index is 1740. The molecule has 0 spiro atoms. The third-order valence-corrected chi connectivity index (χ3v) is 9.61. The van der Waals surface area contributed by atoms with E-state index in [0.29, 0.717) is 12.5 Å². The van der Waals surface area contributed by atoms with Gasteiger partial charge in [0.2, 0.25) is 0 Å². The summed E-state index contributed by atoms with van der Waals surface area (Å²) < 4.78 is 74.1. The molecule has 5 rings (SSSR count). The summed E-state index contributed by atoms with van der Waals surface area (Å²) in [6, 6.07) is 8.44. The highest BCUT2D eigenvalue weighted by molar-refractivity contribution is 7.85. The van der Waals surface area contributed by atoms with Gasteiger partial charge in [0.05, 0.1) is 50.7 Å². The maximum Gasteiger partial charge on any atom is 0.261 e. The fourth-order valence-electron chi connectivity index (χ4n) is 5.01. The Labute approximate surface area is 295 Å². The van der Waals surface area contributed by atoms with Crippen molar-refractivity contribution in [1.82, 2.24) is 9.97 Å². The summed E-state index contributed by atoms with van der Waals surface area (Å²) in [5, 5.41) is 1.73. The number of rotatable bonds is 8. The molecule has 0 bridgehead atoms. The molecule has 18 heteroatoms. The highest BCUT2D eigenvalue weighted by atomic mass is 32.2. The molecule has 1 saturated heterocycles. The normalized spacial score (nSPS) is 13.3. The molecule has 4 aromatic rings. The van der Waals surface area contributed by atoms with Crippen LogP contribution >= 0.6 is 22.7 Å². The van der Waals surface area contributed by atoms with E-state index >= 15 is 0 Å². The number of hydrogen-bond donors (Lipinski definition) is 2. The lowest BCUT2D eigenvalue weighted by molar-refractivity contribution is 0.401. The summed E-state index contributed by atoms with van der Waals surface area (Å²) in [7, 11) is -0.561. The van der Waals surface area contributed by atoms with E-state index in [1.54, 1.807) is 51.1 Å². The van der Waals surface area contributed by atoms with Gasteiger partial charge in [0.25, 0.3) is 20.2 Å². The summed E-state index contributed by atoms with van der Waals surface area (Å²) in [6.07, 6.45) is 6.32. The van der Waals surface area contributed by atoms with Gasteiger partial charge in [-0.2, -0.15) is 16.8 Å². The summed E-state index contributed by atoms with van der Waals surface area (Å²) in [5.74, 6) is 3.67. The van der Waals surface area contributed by atoms with Crippen molar-refractivity contribution >= 4 is 54.5 Å². The summed E-state index contributed by atoms with van der Waals surface area (Å²) in [6.45, 7) is 7.67. The van der Waals surface area contributed by atoms with Gasteiger partial charge in [-0.1, -0.05) is 22.7 Å². The molecule has 49 heavy (non-hydrogen) atoms. The van der Waals surface area contributed by atoms with Gasteiger partial charge in [-0.3, -0.25) is 9.11 Å². The largest absolute Gasteiger partial charge is 0.495 e. The SMILES string of the molecule is COc1sc(-c2ccc(N3CCCN(c4ccc(-c5sc(OC)c(C)c5OC)cn4)CC3)nc2)c(OC)c1C.CS(=O)(=O)O.CS(=O)(=O)O. The molecule has 0 aliphatic carbocycles. The number of ether oxygens (including phenoxy) is 4. The van der Waals surface area contributed by atoms with Crippen LogP contribution in [0.25, 0.3) is 20.9 Å². The van der Waals surface area contributed by atoms with Crippen molar-refractivity contribution in [2.75, 3.05) is 76.9 Å². The van der Waals surface area contributed by atoms with Gasteiger partial charge in [-0.05, 0) is 44.5 Å². The van der Waals surface area contributed by atoms with Crippen molar-refractivity contribution in [3.8, 4) is 42.5 Å². The van der Waals surface area contributed by atoms with Gasteiger partial charge in [-0.15, -0.1) is 0 Å². The number of nitrogens with zero attached hydrogens (tertiary/aromatic N) is 4. The lowest BCUT2D eigenvalue weighted by Gasteiger charge is -2.23. The minimum atomic E-state index is -3.67. The van der Waals surface area contributed by atoms with E-state index in [1.807, 2.05) is 26.2 Å². The Morgan fingerprint density at radius 2 is 0.980 bits per heavy atom. The minimum absolute atomic E-state index is 0.715. The molecule has 1 aliphatic rings. The molecule has 0 unspecified atom stereocenters. The molecule has 0 aromatic carbocycles. The summed E-state index contributed by atoms with van der Waals surface area (Å²) >= 11 is 3.17. The number of pyridine rings is 2. The van der Waals surface area contributed by atoms with Gasteiger partial charge < -0.3 is 28.7 Å². The standard InChI is InChI=1S/C29H34N4O4S2.2CH4O3S/c1-18-24(34-3)26(38-28(18)36-5)20-8-10-22(30-16-20)32-12-7-13-33(15-14-32)23-11-9-21(17-31-23)27-25(35-4)19(2)29(37-6)39-27;2*1-5(2,3)4/h8-11,16-17H,7,12-15H2,1-6H3;2*1H3,(H,2,3,4). The molecule has 1 aliphatic heterocycles. The Morgan fingerprint density at radius 1 is 0.633 bits per heavy atom. The maximum atomic E-state index is 9.19. The predicted molar refractivity (Wildman–Crippen MR) is 195 cm³/mol. The minimum Gasteiger partial charge on any atom is -0.495 e. The molecule has 0 atom stereocenters. The van der Waals surface area contributed by atoms with Gasteiger partial charge >= 0.3 is 0 Å². The molecular weight excluding hydrogens is 717 g/mol. The second kappa shape index (κ2) is 17.3. The van der Waals surface area contributed by atoms with E-state index in [9.17, 15) is 16.8 Å². The van der Waals surface area contributed by atoms with Gasteiger partial charge in [-0.25, -0.2) is 9.97 Å². The van der Waals surface area contributed by atoms with Crippen LogP contribution < -0.4 is 28.7 Å². The summed E-state index contributed by atoms with van der Waals surface area (Å²) in [5.41, 5.74) is 4.09. The van der Waals surface area contributed by atoms with Crippen LogP contribution in [0, 0.1) is 13.8 Å². The van der Waals surface area contributed by atoms with Crippen molar-refractivity contribution in [3.63, 3.8) is 0 Å². The van der Waals surface area contributed by atoms with E-state index in [0.717, 1.165) is 97.9 Å². The average Bonchev–Trinajstić information content (AvgIpc) is 3.41. The van der Waals surface area contributed by atoms with E-state index < -0.39 is 20.2 Å². The Balaban J connectivity index is 0.000000571. The van der Waals surface area contributed by atoms with E-state index in [4.69, 9.17) is 38.0 Å². The zero-order valence-corrected chi connectivity index (χ0v) is 31.8. The highest BCUT2D eigenvalue weighted by Gasteiger charge is 2.22. The first-order valence-electron chi connectivity index (χ1n) is 14.7. The van der Waals surface area contributed by atoms with Crippen LogP contribution in [0.4, 0.5) is 11.6 Å². The quantitative estimate of drug-likeness (QED) is 0.221. The first kappa shape index (κ1) is 39.8. The highest BCUT2D eigenvalue weighted by Crippen LogP contribution is 2.47. The lowest BCUT2D eigenvalue weighted by Crippen LogP contribution is -2.31. The Kier molecular flexibility index (Phi) is 14.0. The molecule has 0 amide bonds. The molecule has 5 heterocycles. The van der Waals surface area contributed by atoms with Crippen molar-refractivity contribution < 1.29 is 44.9 Å². The van der Waals surface area contributed by atoms with Crippen LogP contribution in [0.3, 0.4) is 0 Å². The van der Waals surface area contributed by atoms with Crippen LogP contribution in [-0.2, 0) is 20.2 Å².